The van der Waals surface area contributed by atoms with Gasteiger partial charge in [-0.25, -0.2) is 4.79 Å². The molecule has 0 fully saturated rings. The molecule has 0 unspecified atom stereocenters. The maximum absolute atomic E-state index is 11.5. The summed E-state index contributed by atoms with van der Waals surface area (Å²) in [6.07, 6.45) is 5.64. The summed E-state index contributed by atoms with van der Waals surface area (Å²) in [6.45, 7) is 0.500. The van der Waals surface area contributed by atoms with Gasteiger partial charge in [0.15, 0.2) is 0 Å². The van der Waals surface area contributed by atoms with E-state index in [-0.39, 0.29) is 0 Å². The molecule has 0 spiro atoms. The minimum atomic E-state index is -0.410. The SMILES string of the molecule is O=c1[nH]c(=O)n(CCc2cccnc2)cc1Br. The van der Waals surface area contributed by atoms with Gasteiger partial charge in [-0.3, -0.25) is 19.3 Å². The van der Waals surface area contributed by atoms with Crippen molar-refractivity contribution in [3.63, 3.8) is 0 Å². The number of rotatable bonds is 3. The van der Waals surface area contributed by atoms with Gasteiger partial charge >= 0.3 is 5.69 Å². The van der Waals surface area contributed by atoms with Crippen LogP contribution in [0.3, 0.4) is 0 Å². The Morgan fingerprint density at radius 2 is 2.24 bits per heavy atom. The third-order valence-electron chi connectivity index (χ3n) is 2.33. The molecule has 2 rings (SSSR count). The van der Waals surface area contributed by atoms with Crippen LogP contribution in [0.5, 0.6) is 0 Å². The molecule has 0 saturated carbocycles. The van der Waals surface area contributed by atoms with E-state index >= 15 is 0 Å². The number of halogens is 1. The number of pyridine rings is 1. The standard InChI is InChI=1S/C11H10BrN3O2/c12-9-7-15(11(17)14-10(9)16)5-3-8-2-1-4-13-6-8/h1-2,4,6-7H,3,5H2,(H,14,16,17). The van der Waals surface area contributed by atoms with Gasteiger partial charge in [0.25, 0.3) is 5.56 Å². The molecule has 0 bridgehead atoms. The molecule has 2 aromatic rings. The fourth-order valence-corrected chi connectivity index (χ4v) is 1.79. The molecule has 0 atom stereocenters. The molecule has 2 aromatic heterocycles. The van der Waals surface area contributed by atoms with Crippen molar-refractivity contribution in [2.45, 2.75) is 13.0 Å². The summed E-state index contributed by atoms with van der Waals surface area (Å²) in [5.41, 5.74) is 0.233. The lowest BCUT2D eigenvalue weighted by atomic mass is 10.2. The Kier molecular flexibility index (Phi) is 3.53. The normalized spacial score (nSPS) is 10.4. The van der Waals surface area contributed by atoms with Crippen LogP contribution in [0.2, 0.25) is 0 Å². The molecule has 1 N–H and O–H groups in total. The predicted molar refractivity (Wildman–Crippen MR) is 67.0 cm³/mol. The van der Waals surface area contributed by atoms with Crippen molar-refractivity contribution in [1.82, 2.24) is 14.5 Å². The van der Waals surface area contributed by atoms with Crippen LogP contribution in [0, 0.1) is 0 Å². The van der Waals surface area contributed by atoms with E-state index in [9.17, 15) is 9.59 Å². The van der Waals surface area contributed by atoms with Crippen molar-refractivity contribution in [2.24, 2.45) is 0 Å². The second-order valence-electron chi connectivity index (χ2n) is 3.54. The number of hydrogen-bond acceptors (Lipinski definition) is 3. The van der Waals surface area contributed by atoms with Crippen molar-refractivity contribution in [2.75, 3.05) is 0 Å². The third-order valence-corrected chi connectivity index (χ3v) is 2.90. The van der Waals surface area contributed by atoms with Gasteiger partial charge in [-0.05, 0) is 34.0 Å². The highest BCUT2D eigenvalue weighted by Gasteiger charge is 2.02. The smallest absolute Gasteiger partial charge is 0.299 e. The molecular weight excluding hydrogens is 286 g/mol. The molecule has 5 nitrogen and oxygen atoms in total. The van der Waals surface area contributed by atoms with Gasteiger partial charge in [0.2, 0.25) is 0 Å². The lowest BCUT2D eigenvalue weighted by Crippen LogP contribution is -2.30. The van der Waals surface area contributed by atoms with Gasteiger partial charge in [0.1, 0.15) is 0 Å². The van der Waals surface area contributed by atoms with Crippen molar-refractivity contribution >= 4 is 15.9 Å². The fourth-order valence-electron chi connectivity index (χ4n) is 1.44. The van der Waals surface area contributed by atoms with E-state index in [0.717, 1.165) is 5.56 Å². The second kappa shape index (κ2) is 5.09. The first-order chi connectivity index (χ1) is 8.16. The zero-order valence-electron chi connectivity index (χ0n) is 8.89. The summed E-state index contributed by atoms with van der Waals surface area (Å²) in [5.74, 6) is 0. The summed E-state index contributed by atoms with van der Waals surface area (Å²) >= 11 is 3.09. The molecule has 0 aromatic carbocycles. The molecule has 0 saturated heterocycles. The average Bonchev–Trinajstić information content (AvgIpc) is 2.33. The number of aryl methyl sites for hydroxylation is 2. The van der Waals surface area contributed by atoms with Crippen LogP contribution in [0.4, 0.5) is 0 Å². The number of aromatic amines is 1. The Morgan fingerprint density at radius 1 is 1.41 bits per heavy atom. The van der Waals surface area contributed by atoms with E-state index in [1.54, 1.807) is 12.4 Å². The van der Waals surface area contributed by atoms with Gasteiger partial charge < -0.3 is 0 Å². The molecular formula is C11H10BrN3O2. The Balaban J connectivity index is 2.18. The van der Waals surface area contributed by atoms with E-state index in [2.05, 4.69) is 25.9 Å². The monoisotopic (exact) mass is 295 g/mol. The van der Waals surface area contributed by atoms with Gasteiger partial charge in [0.05, 0.1) is 4.47 Å². The number of hydrogen-bond donors (Lipinski definition) is 1. The summed E-state index contributed by atoms with van der Waals surface area (Å²) in [5, 5.41) is 0. The lowest BCUT2D eigenvalue weighted by Gasteiger charge is -2.04. The zero-order chi connectivity index (χ0) is 12.3. The maximum Gasteiger partial charge on any atom is 0.328 e. The third kappa shape index (κ3) is 2.91. The van der Waals surface area contributed by atoms with Crippen LogP contribution >= 0.6 is 15.9 Å². The lowest BCUT2D eigenvalue weighted by molar-refractivity contribution is 0.641. The van der Waals surface area contributed by atoms with Gasteiger partial charge in [-0.15, -0.1) is 0 Å². The Bertz CT molecular complexity index is 619. The maximum atomic E-state index is 11.5. The molecule has 0 aliphatic carbocycles. The molecule has 0 aliphatic heterocycles. The zero-order valence-corrected chi connectivity index (χ0v) is 10.5. The second-order valence-corrected chi connectivity index (χ2v) is 4.40. The molecule has 2 heterocycles. The Morgan fingerprint density at radius 3 is 2.94 bits per heavy atom. The Hall–Kier alpha value is -1.69. The summed E-state index contributed by atoms with van der Waals surface area (Å²) in [4.78, 5) is 28.9. The van der Waals surface area contributed by atoms with E-state index in [1.165, 1.54) is 10.8 Å². The number of aromatic nitrogens is 3. The highest BCUT2D eigenvalue weighted by Crippen LogP contribution is 2.01. The number of nitrogens with zero attached hydrogens (tertiary/aromatic N) is 2. The van der Waals surface area contributed by atoms with Crippen molar-refractivity contribution in [1.29, 1.82) is 0 Å². The summed E-state index contributed by atoms with van der Waals surface area (Å²) in [6, 6.07) is 3.79. The molecule has 6 heteroatoms. The Labute approximate surface area is 105 Å². The van der Waals surface area contributed by atoms with Crippen LogP contribution in [-0.2, 0) is 13.0 Å². The van der Waals surface area contributed by atoms with Crippen LogP contribution in [0.25, 0.3) is 0 Å². The van der Waals surface area contributed by atoms with Gasteiger partial charge in [-0.2, -0.15) is 0 Å². The van der Waals surface area contributed by atoms with Crippen LogP contribution in [-0.4, -0.2) is 14.5 Å². The molecule has 17 heavy (non-hydrogen) atoms. The minimum absolute atomic E-state index is 0.350. The van der Waals surface area contributed by atoms with E-state index in [0.29, 0.717) is 17.4 Å². The van der Waals surface area contributed by atoms with Crippen molar-refractivity contribution in [3.8, 4) is 0 Å². The first-order valence-corrected chi connectivity index (χ1v) is 5.84. The highest BCUT2D eigenvalue weighted by atomic mass is 79.9. The van der Waals surface area contributed by atoms with Gasteiger partial charge in [0, 0.05) is 25.1 Å². The number of nitrogens with one attached hydrogen (secondary N) is 1. The topological polar surface area (TPSA) is 67.8 Å². The molecule has 0 radical (unpaired) electrons. The molecule has 0 amide bonds. The van der Waals surface area contributed by atoms with Crippen molar-refractivity contribution < 1.29 is 0 Å². The first kappa shape index (κ1) is 11.8. The van der Waals surface area contributed by atoms with Crippen LogP contribution in [0.15, 0.2) is 44.8 Å². The average molecular weight is 296 g/mol. The van der Waals surface area contributed by atoms with E-state index in [4.69, 9.17) is 0 Å². The predicted octanol–water partition coefficient (Wildman–Crippen LogP) is 0.937. The first-order valence-electron chi connectivity index (χ1n) is 5.05. The van der Waals surface area contributed by atoms with Crippen molar-refractivity contribution in [3.05, 3.63) is 61.6 Å². The number of H-pyrrole nitrogens is 1. The quantitative estimate of drug-likeness (QED) is 0.916. The largest absolute Gasteiger partial charge is 0.328 e. The summed E-state index contributed by atoms with van der Waals surface area (Å²) in [7, 11) is 0. The van der Waals surface area contributed by atoms with Gasteiger partial charge in [-0.1, -0.05) is 6.07 Å². The van der Waals surface area contributed by atoms with E-state index in [1.807, 2.05) is 12.1 Å². The summed E-state index contributed by atoms with van der Waals surface area (Å²) < 4.78 is 1.81. The molecule has 0 aliphatic rings. The van der Waals surface area contributed by atoms with Crippen LogP contribution in [0.1, 0.15) is 5.56 Å². The van der Waals surface area contributed by atoms with E-state index < -0.39 is 11.2 Å². The highest BCUT2D eigenvalue weighted by molar-refractivity contribution is 9.10. The van der Waals surface area contributed by atoms with Crippen LogP contribution < -0.4 is 11.2 Å². The fraction of sp³-hybridized carbons (Fsp3) is 0.182. The molecule has 88 valence electrons. The minimum Gasteiger partial charge on any atom is -0.299 e.